The Labute approximate surface area is 98.7 Å². The summed E-state index contributed by atoms with van der Waals surface area (Å²) in [6.45, 7) is 3.09. The first-order valence-corrected chi connectivity index (χ1v) is 6.66. The van der Waals surface area contributed by atoms with Gasteiger partial charge in [-0.2, -0.15) is 0 Å². The molecule has 0 bridgehead atoms. The molecule has 0 aliphatic heterocycles. The Morgan fingerprint density at radius 3 is 2.62 bits per heavy atom. The number of hydrogen-bond donors (Lipinski definition) is 1. The van der Waals surface area contributed by atoms with Gasteiger partial charge < -0.3 is 10.5 Å². The SMILES string of the molecule is CCCCOC(=O)C(CN)C1CCCCC1. The Morgan fingerprint density at radius 2 is 2.06 bits per heavy atom. The first-order chi connectivity index (χ1) is 7.79. The van der Waals surface area contributed by atoms with Gasteiger partial charge in [0, 0.05) is 6.54 Å². The Hall–Kier alpha value is -0.570. The molecule has 94 valence electrons. The molecule has 0 aromatic carbocycles. The lowest BCUT2D eigenvalue weighted by atomic mass is 9.80. The van der Waals surface area contributed by atoms with E-state index in [4.69, 9.17) is 10.5 Å². The molecule has 0 heterocycles. The van der Waals surface area contributed by atoms with Gasteiger partial charge in [0.1, 0.15) is 0 Å². The van der Waals surface area contributed by atoms with Crippen LogP contribution in [0.5, 0.6) is 0 Å². The monoisotopic (exact) mass is 227 g/mol. The molecule has 0 saturated heterocycles. The summed E-state index contributed by atoms with van der Waals surface area (Å²) in [5.41, 5.74) is 5.71. The van der Waals surface area contributed by atoms with Crippen molar-refractivity contribution in [2.45, 2.75) is 51.9 Å². The van der Waals surface area contributed by atoms with Gasteiger partial charge in [-0.3, -0.25) is 4.79 Å². The molecular weight excluding hydrogens is 202 g/mol. The average Bonchev–Trinajstić information content (AvgIpc) is 2.32. The van der Waals surface area contributed by atoms with Crippen LogP contribution in [0.15, 0.2) is 0 Å². The van der Waals surface area contributed by atoms with Gasteiger partial charge in [0.2, 0.25) is 0 Å². The summed E-state index contributed by atoms with van der Waals surface area (Å²) in [6.07, 6.45) is 8.08. The first kappa shape index (κ1) is 13.5. The summed E-state index contributed by atoms with van der Waals surface area (Å²) in [4.78, 5) is 11.8. The maximum absolute atomic E-state index is 11.8. The zero-order valence-corrected chi connectivity index (χ0v) is 10.4. The summed E-state index contributed by atoms with van der Waals surface area (Å²) in [5, 5.41) is 0. The van der Waals surface area contributed by atoms with Crippen LogP contribution in [0.25, 0.3) is 0 Å². The third-order valence-corrected chi connectivity index (χ3v) is 3.52. The van der Waals surface area contributed by atoms with Crippen LogP contribution >= 0.6 is 0 Å². The Morgan fingerprint density at radius 1 is 1.38 bits per heavy atom. The Kier molecular flexibility index (Phi) is 6.46. The molecule has 3 nitrogen and oxygen atoms in total. The first-order valence-electron chi connectivity index (χ1n) is 6.66. The summed E-state index contributed by atoms with van der Waals surface area (Å²) >= 11 is 0. The molecule has 1 rings (SSSR count). The molecule has 1 saturated carbocycles. The third-order valence-electron chi connectivity index (χ3n) is 3.52. The lowest BCUT2D eigenvalue weighted by Gasteiger charge is -2.27. The molecule has 0 amide bonds. The summed E-state index contributed by atoms with van der Waals surface area (Å²) in [5.74, 6) is 0.341. The highest BCUT2D eigenvalue weighted by Crippen LogP contribution is 2.30. The van der Waals surface area contributed by atoms with Crippen molar-refractivity contribution in [3.05, 3.63) is 0 Å². The van der Waals surface area contributed by atoms with Crippen molar-refractivity contribution < 1.29 is 9.53 Å². The van der Waals surface area contributed by atoms with Crippen LogP contribution < -0.4 is 5.73 Å². The van der Waals surface area contributed by atoms with E-state index in [-0.39, 0.29) is 11.9 Å². The van der Waals surface area contributed by atoms with Gasteiger partial charge in [-0.05, 0) is 25.2 Å². The number of rotatable bonds is 6. The zero-order valence-electron chi connectivity index (χ0n) is 10.4. The van der Waals surface area contributed by atoms with E-state index in [0.717, 1.165) is 25.7 Å². The van der Waals surface area contributed by atoms with Gasteiger partial charge in [-0.1, -0.05) is 32.6 Å². The van der Waals surface area contributed by atoms with E-state index < -0.39 is 0 Å². The molecule has 1 unspecified atom stereocenters. The molecule has 16 heavy (non-hydrogen) atoms. The van der Waals surface area contributed by atoms with Crippen molar-refractivity contribution in [1.82, 2.24) is 0 Å². The van der Waals surface area contributed by atoms with E-state index in [1.165, 1.54) is 19.3 Å². The highest BCUT2D eigenvalue weighted by Gasteiger charge is 2.29. The number of esters is 1. The summed E-state index contributed by atoms with van der Waals surface area (Å²) in [7, 11) is 0. The predicted octanol–water partition coefficient (Wildman–Crippen LogP) is 2.48. The fourth-order valence-electron chi connectivity index (χ4n) is 2.44. The molecule has 0 spiro atoms. The van der Waals surface area contributed by atoms with Crippen LogP contribution in [0.3, 0.4) is 0 Å². The van der Waals surface area contributed by atoms with Gasteiger partial charge >= 0.3 is 5.97 Å². The number of ether oxygens (including phenoxy) is 1. The van der Waals surface area contributed by atoms with Crippen LogP contribution in [0.2, 0.25) is 0 Å². The highest BCUT2D eigenvalue weighted by atomic mass is 16.5. The predicted molar refractivity (Wildman–Crippen MR) is 65.0 cm³/mol. The second kappa shape index (κ2) is 7.66. The van der Waals surface area contributed by atoms with Crippen molar-refractivity contribution in [3.63, 3.8) is 0 Å². The molecule has 1 fully saturated rings. The van der Waals surface area contributed by atoms with Crippen LogP contribution in [-0.4, -0.2) is 19.1 Å². The van der Waals surface area contributed by atoms with Crippen LogP contribution in [0.1, 0.15) is 51.9 Å². The van der Waals surface area contributed by atoms with E-state index >= 15 is 0 Å². The largest absolute Gasteiger partial charge is 0.465 e. The number of carbonyl (C=O) groups excluding carboxylic acids is 1. The van der Waals surface area contributed by atoms with E-state index in [9.17, 15) is 4.79 Å². The maximum atomic E-state index is 11.8. The van der Waals surface area contributed by atoms with E-state index in [1.54, 1.807) is 0 Å². The van der Waals surface area contributed by atoms with Gasteiger partial charge in [-0.15, -0.1) is 0 Å². The molecule has 3 heteroatoms. The summed E-state index contributed by atoms with van der Waals surface area (Å²) in [6, 6.07) is 0. The fourth-order valence-corrected chi connectivity index (χ4v) is 2.44. The average molecular weight is 227 g/mol. The molecule has 0 radical (unpaired) electrons. The second-order valence-corrected chi connectivity index (χ2v) is 4.76. The van der Waals surface area contributed by atoms with Crippen molar-refractivity contribution >= 4 is 5.97 Å². The second-order valence-electron chi connectivity index (χ2n) is 4.76. The number of nitrogens with two attached hydrogens (primary N) is 1. The lowest BCUT2D eigenvalue weighted by molar-refractivity contribution is -0.150. The van der Waals surface area contributed by atoms with Crippen molar-refractivity contribution in [3.8, 4) is 0 Å². The Balaban J connectivity index is 2.35. The minimum atomic E-state index is -0.0668. The fraction of sp³-hybridized carbons (Fsp3) is 0.923. The minimum Gasteiger partial charge on any atom is -0.465 e. The number of carbonyl (C=O) groups is 1. The van der Waals surface area contributed by atoms with Gasteiger partial charge in [0.15, 0.2) is 0 Å². The van der Waals surface area contributed by atoms with Gasteiger partial charge in [0.25, 0.3) is 0 Å². The van der Waals surface area contributed by atoms with Crippen LogP contribution in [0, 0.1) is 11.8 Å². The molecule has 0 aromatic heterocycles. The third kappa shape index (κ3) is 4.12. The smallest absolute Gasteiger partial charge is 0.310 e. The van der Waals surface area contributed by atoms with Gasteiger partial charge in [0.05, 0.1) is 12.5 Å². The highest BCUT2D eigenvalue weighted by molar-refractivity contribution is 5.73. The van der Waals surface area contributed by atoms with Gasteiger partial charge in [-0.25, -0.2) is 0 Å². The molecule has 1 aliphatic carbocycles. The standard InChI is InChI=1S/C13H25NO2/c1-2-3-9-16-13(15)12(10-14)11-7-5-4-6-8-11/h11-12H,2-10,14H2,1H3. The van der Waals surface area contributed by atoms with Crippen LogP contribution in [-0.2, 0) is 9.53 Å². The van der Waals surface area contributed by atoms with Crippen molar-refractivity contribution in [2.24, 2.45) is 17.6 Å². The Bertz CT molecular complexity index is 200. The van der Waals surface area contributed by atoms with E-state index in [0.29, 0.717) is 19.1 Å². The normalized spacial score (nSPS) is 19.4. The molecule has 1 aliphatic rings. The van der Waals surface area contributed by atoms with E-state index in [2.05, 4.69) is 6.92 Å². The molecule has 1 atom stereocenters. The molecular formula is C13H25NO2. The zero-order chi connectivity index (χ0) is 11.8. The minimum absolute atomic E-state index is 0.0582. The number of unbranched alkanes of at least 4 members (excludes halogenated alkanes) is 1. The van der Waals surface area contributed by atoms with E-state index in [1.807, 2.05) is 0 Å². The topological polar surface area (TPSA) is 52.3 Å². The maximum Gasteiger partial charge on any atom is 0.310 e. The lowest BCUT2D eigenvalue weighted by Crippen LogP contribution is -2.33. The number of hydrogen-bond acceptors (Lipinski definition) is 3. The quantitative estimate of drug-likeness (QED) is 0.560. The van der Waals surface area contributed by atoms with Crippen molar-refractivity contribution in [1.29, 1.82) is 0 Å². The van der Waals surface area contributed by atoms with Crippen molar-refractivity contribution in [2.75, 3.05) is 13.2 Å². The molecule has 2 N–H and O–H groups in total. The van der Waals surface area contributed by atoms with Crippen LogP contribution in [0.4, 0.5) is 0 Å². The summed E-state index contributed by atoms with van der Waals surface area (Å²) < 4.78 is 5.27. The molecule has 0 aromatic rings.